The van der Waals surface area contributed by atoms with Crippen LogP contribution >= 0.6 is 27.5 Å². The average molecular weight is 319 g/mol. The molecular formula is C13H17BrClNO. The minimum Gasteiger partial charge on any atom is -0.387 e. The fourth-order valence-electron chi connectivity index (χ4n) is 2.41. The van der Waals surface area contributed by atoms with E-state index < -0.39 is 5.60 Å². The highest BCUT2D eigenvalue weighted by atomic mass is 79.9. The minimum absolute atomic E-state index is 0.462. The predicted octanol–water partition coefficient (Wildman–Crippen LogP) is 3.45. The van der Waals surface area contributed by atoms with Crippen molar-refractivity contribution in [3.05, 3.63) is 33.3 Å². The Morgan fingerprint density at radius 1 is 1.47 bits per heavy atom. The van der Waals surface area contributed by atoms with Crippen molar-refractivity contribution in [2.45, 2.75) is 31.9 Å². The van der Waals surface area contributed by atoms with Gasteiger partial charge < -0.3 is 5.11 Å². The molecule has 0 amide bonds. The summed E-state index contributed by atoms with van der Waals surface area (Å²) >= 11 is 9.56. The Morgan fingerprint density at radius 3 is 2.76 bits per heavy atom. The maximum atomic E-state index is 10.1. The minimum atomic E-state index is -0.462. The van der Waals surface area contributed by atoms with Crippen molar-refractivity contribution >= 4 is 27.5 Å². The predicted molar refractivity (Wildman–Crippen MR) is 74.3 cm³/mol. The number of benzene rings is 1. The van der Waals surface area contributed by atoms with Gasteiger partial charge in [-0.2, -0.15) is 0 Å². The summed E-state index contributed by atoms with van der Waals surface area (Å²) < 4.78 is 0.998. The van der Waals surface area contributed by atoms with Crippen LogP contribution in [0.2, 0.25) is 5.02 Å². The summed E-state index contributed by atoms with van der Waals surface area (Å²) in [6, 6.07) is 5.94. The first-order chi connectivity index (χ1) is 8.02. The largest absolute Gasteiger partial charge is 0.387 e. The molecule has 0 radical (unpaired) electrons. The second kappa shape index (κ2) is 5.27. The zero-order valence-corrected chi connectivity index (χ0v) is 12.3. The SMILES string of the molecule is CCCC1(O)CN(Cc2ccc(Br)cc2Cl)C1. The summed E-state index contributed by atoms with van der Waals surface area (Å²) in [6.07, 6.45) is 1.92. The van der Waals surface area contributed by atoms with Crippen LogP contribution in [0.5, 0.6) is 0 Å². The lowest BCUT2D eigenvalue weighted by Crippen LogP contribution is -2.60. The van der Waals surface area contributed by atoms with Crippen LogP contribution in [0.4, 0.5) is 0 Å². The van der Waals surface area contributed by atoms with Crippen molar-refractivity contribution in [3.63, 3.8) is 0 Å². The number of hydrogen-bond donors (Lipinski definition) is 1. The molecule has 0 saturated carbocycles. The van der Waals surface area contributed by atoms with Crippen LogP contribution in [0.25, 0.3) is 0 Å². The van der Waals surface area contributed by atoms with Gasteiger partial charge in [0.15, 0.2) is 0 Å². The molecule has 0 bridgehead atoms. The fourth-order valence-corrected chi connectivity index (χ4v) is 3.15. The molecule has 0 spiro atoms. The molecule has 0 aliphatic carbocycles. The second-order valence-corrected chi connectivity index (χ2v) is 6.18. The highest BCUT2D eigenvalue weighted by molar-refractivity contribution is 9.10. The second-order valence-electron chi connectivity index (χ2n) is 4.86. The Morgan fingerprint density at radius 2 is 2.18 bits per heavy atom. The summed E-state index contributed by atoms with van der Waals surface area (Å²) in [6.45, 7) is 4.44. The first kappa shape index (κ1) is 13.3. The zero-order chi connectivity index (χ0) is 12.5. The van der Waals surface area contributed by atoms with Gasteiger partial charge in [0.25, 0.3) is 0 Å². The third kappa shape index (κ3) is 3.22. The van der Waals surface area contributed by atoms with E-state index in [1.807, 2.05) is 18.2 Å². The van der Waals surface area contributed by atoms with Gasteiger partial charge in [-0.05, 0) is 24.1 Å². The standard InChI is InChI=1S/C13H17BrClNO/c1-2-5-13(17)8-16(9-13)7-10-3-4-11(14)6-12(10)15/h3-4,6,17H,2,5,7-9H2,1H3. The van der Waals surface area contributed by atoms with Crippen LogP contribution in [0.1, 0.15) is 25.3 Å². The molecule has 0 unspecified atom stereocenters. The van der Waals surface area contributed by atoms with E-state index in [9.17, 15) is 5.11 Å². The molecule has 2 rings (SSSR count). The molecule has 1 aromatic carbocycles. The number of rotatable bonds is 4. The Labute approximate surface area is 116 Å². The van der Waals surface area contributed by atoms with Gasteiger partial charge in [0.1, 0.15) is 0 Å². The molecule has 1 fully saturated rings. The first-order valence-corrected chi connectivity index (χ1v) is 7.08. The van der Waals surface area contributed by atoms with Crippen LogP contribution in [0.15, 0.2) is 22.7 Å². The molecule has 1 aliphatic heterocycles. The van der Waals surface area contributed by atoms with E-state index in [1.54, 1.807) is 0 Å². The van der Waals surface area contributed by atoms with E-state index in [1.165, 1.54) is 0 Å². The highest BCUT2D eigenvalue weighted by Gasteiger charge is 2.39. The van der Waals surface area contributed by atoms with Gasteiger partial charge in [-0.3, -0.25) is 4.90 Å². The van der Waals surface area contributed by atoms with Crippen molar-refractivity contribution in [2.24, 2.45) is 0 Å². The lowest BCUT2D eigenvalue weighted by molar-refractivity contribution is -0.106. The van der Waals surface area contributed by atoms with Crippen LogP contribution < -0.4 is 0 Å². The first-order valence-electron chi connectivity index (χ1n) is 5.91. The molecule has 1 heterocycles. The van der Waals surface area contributed by atoms with Crippen molar-refractivity contribution in [2.75, 3.05) is 13.1 Å². The van der Waals surface area contributed by atoms with E-state index in [0.29, 0.717) is 0 Å². The fraction of sp³-hybridized carbons (Fsp3) is 0.538. The molecule has 1 N–H and O–H groups in total. The normalized spacial score (nSPS) is 19.1. The van der Waals surface area contributed by atoms with Crippen LogP contribution in [0.3, 0.4) is 0 Å². The highest BCUT2D eigenvalue weighted by Crippen LogP contribution is 2.29. The lowest BCUT2D eigenvalue weighted by Gasteiger charge is -2.46. The number of halogens is 2. The number of aliphatic hydroxyl groups is 1. The van der Waals surface area contributed by atoms with Crippen LogP contribution in [0, 0.1) is 0 Å². The number of nitrogens with zero attached hydrogens (tertiary/aromatic N) is 1. The summed E-state index contributed by atoms with van der Waals surface area (Å²) in [7, 11) is 0. The third-order valence-corrected chi connectivity index (χ3v) is 4.01. The van der Waals surface area contributed by atoms with Gasteiger partial charge in [0.05, 0.1) is 5.60 Å². The van der Waals surface area contributed by atoms with Crippen molar-refractivity contribution in [1.82, 2.24) is 4.90 Å². The molecule has 1 saturated heterocycles. The molecule has 1 aromatic rings. The van der Waals surface area contributed by atoms with E-state index >= 15 is 0 Å². The van der Waals surface area contributed by atoms with Gasteiger partial charge in [0.2, 0.25) is 0 Å². The van der Waals surface area contributed by atoms with Gasteiger partial charge in [-0.15, -0.1) is 0 Å². The number of hydrogen-bond acceptors (Lipinski definition) is 2. The number of β-amino-alcohol motifs (C(OH)–C–C–N with tert-alkyl or cyclic N) is 1. The summed E-state index contributed by atoms with van der Waals surface area (Å²) in [5, 5.41) is 10.9. The molecule has 2 nitrogen and oxygen atoms in total. The smallest absolute Gasteiger partial charge is 0.0900 e. The molecule has 94 valence electrons. The summed E-state index contributed by atoms with van der Waals surface area (Å²) in [5.74, 6) is 0. The van der Waals surface area contributed by atoms with Gasteiger partial charge in [-0.1, -0.05) is 46.9 Å². The van der Waals surface area contributed by atoms with E-state index in [0.717, 1.165) is 47.5 Å². The maximum Gasteiger partial charge on any atom is 0.0900 e. The van der Waals surface area contributed by atoms with Crippen LogP contribution in [-0.4, -0.2) is 28.7 Å². The molecular weight excluding hydrogens is 302 g/mol. The van der Waals surface area contributed by atoms with Crippen molar-refractivity contribution < 1.29 is 5.11 Å². The van der Waals surface area contributed by atoms with Crippen LogP contribution in [-0.2, 0) is 6.54 Å². The Hall–Kier alpha value is -0.0900. The van der Waals surface area contributed by atoms with Gasteiger partial charge in [-0.25, -0.2) is 0 Å². The zero-order valence-electron chi connectivity index (χ0n) is 9.92. The average Bonchev–Trinajstić information content (AvgIpc) is 2.20. The molecule has 17 heavy (non-hydrogen) atoms. The van der Waals surface area contributed by atoms with E-state index in [4.69, 9.17) is 11.6 Å². The Kier molecular flexibility index (Phi) is 4.14. The molecule has 0 atom stereocenters. The Bertz CT molecular complexity index is 404. The lowest BCUT2D eigenvalue weighted by atomic mass is 9.89. The monoisotopic (exact) mass is 317 g/mol. The van der Waals surface area contributed by atoms with E-state index in [-0.39, 0.29) is 0 Å². The molecule has 0 aromatic heterocycles. The Balaban J connectivity index is 1.91. The quantitative estimate of drug-likeness (QED) is 0.919. The molecule has 4 heteroatoms. The van der Waals surface area contributed by atoms with E-state index in [2.05, 4.69) is 27.8 Å². The van der Waals surface area contributed by atoms with Crippen molar-refractivity contribution in [3.8, 4) is 0 Å². The number of likely N-dealkylation sites (tertiary alicyclic amines) is 1. The summed E-state index contributed by atoms with van der Waals surface area (Å²) in [5.41, 5.74) is 0.657. The third-order valence-electron chi connectivity index (χ3n) is 3.16. The van der Waals surface area contributed by atoms with Gasteiger partial charge in [0, 0.05) is 29.1 Å². The maximum absolute atomic E-state index is 10.1. The topological polar surface area (TPSA) is 23.5 Å². The van der Waals surface area contributed by atoms with Gasteiger partial charge >= 0.3 is 0 Å². The molecule has 1 aliphatic rings. The van der Waals surface area contributed by atoms with Crippen molar-refractivity contribution in [1.29, 1.82) is 0 Å². The summed E-state index contributed by atoms with van der Waals surface area (Å²) in [4.78, 5) is 2.23.